The molecule has 20 heavy (non-hydrogen) atoms. The number of hydrogen-bond acceptors (Lipinski definition) is 2. The Bertz CT molecular complexity index is 624. The third-order valence-corrected chi connectivity index (χ3v) is 2.84. The van der Waals surface area contributed by atoms with Gasteiger partial charge in [-0.2, -0.15) is 0 Å². The van der Waals surface area contributed by atoms with E-state index in [2.05, 4.69) is 0 Å². The number of carbonyl (C=O) groups excluding carboxylic acids is 1. The van der Waals surface area contributed by atoms with Crippen molar-refractivity contribution >= 4 is 5.78 Å². The quantitative estimate of drug-likeness (QED) is 0.773. The molecule has 0 aliphatic carbocycles. The molecule has 0 unspecified atom stereocenters. The molecule has 0 spiro atoms. The second-order valence-corrected chi connectivity index (χ2v) is 4.44. The Morgan fingerprint density at radius 1 is 1.15 bits per heavy atom. The molecule has 0 heterocycles. The van der Waals surface area contributed by atoms with Crippen molar-refractivity contribution in [3.05, 3.63) is 65.2 Å². The maximum Gasteiger partial charge on any atom is 0.169 e. The summed E-state index contributed by atoms with van der Waals surface area (Å²) in [7, 11) is 0. The van der Waals surface area contributed by atoms with Crippen molar-refractivity contribution in [3.63, 3.8) is 0 Å². The number of hydrogen-bond donors (Lipinski definition) is 0. The molecule has 0 saturated heterocycles. The molecule has 104 valence electrons. The number of rotatable bonds is 5. The third-order valence-electron chi connectivity index (χ3n) is 2.84. The molecular weight excluding hydrogens is 262 g/mol. The van der Waals surface area contributed by atoms with Gasteiger partial charge in [-0.1, -0.05) is 18.2 Å². The molecule has 0 aliphatic heterocycles. The summed E-state index contributed by atoms with van der Waals surface area (Å²) in [6.45, 7) is 2.05. The van der Waals surface area contributed by atoms with E-state index >= 15 is 0 Å². The fourth-order valence-electron chi connectivity index (χ4n) is 1.82. The van der Waals surface area contributed by atoms with Crippen LogP contribution in [0, 0.1) is 18.6 Å². The van der Waals surface area contributed by atoms with E-state index in [1.54, 1.807) is 6.07 Å². The van der Waals surface area contributed by atoms with Crippen LogP contribution in [-0.4, -0.2) is 12.4 Å². The van der Waals surface area contributed by atoms with Gasteiger partial charge in [-0.25, -0.2) is 8.78 Å². The molecule has 2 nitrogen and oxygen atoms in total. The molecule has 0 fully saturated rings. The number of ketones is 1. The van der Waals surface area contributed by atoms with Crippen LogP contribution in [0.1, 0.15) is 22.3 Å². The summed E-state index contributed by atoms with van der Waals surface area (Å²) < 4.78 is 31.8. The number of Topliss-reactive ketones (excluding diaryl/α,β-unsaturated/α-hetero) is 1. The van der Waals surface area contributed by atoms with E-state index in [-0.39, 0.29) is 18.6 Å². The Labute approximate surface area is 116 Å². The van der Waals surface area contributed by atoms with Gasteiger partial charge in [0.15, 0.2) is 17.4 Å². The molecule has 0 amide bonds. The smallest absolute Gasteiger partial charge is 0.169 e. The SMILES string of the molecule is Cc1cccc(OCCC(=O)c2cccc(F)c2F)c1. The van der Waals surface area contributed by atoms with Crippen LogP contribution in [0.25, 0.3) is 0 Å². The molecule has 2 aromatic carbocycles. The van der Waals surface area contributed by atoms with Crippen molar-refractivity contribution in [3.8, 4) is 5.75 Å². The lowest BCUT2D eigenvalue weighted by Gasteiger charge is -2.07. The highest BCUT2D eigenvalue weighted by Gasteiger charge is 2.14. The summed E-state index contributed by atoms with van der Waals surface area (Å²) in [5, 5.41) is 0. The van der Waals surface area contributed by atoms with Crippen molar-refractivity contribution in [2.45, 2.75) is 13.3 Å². The first-order valence-electron chi connectivity index (χ1n) is 6.24. The molecule has 0 saturated carbocycles. The normalized spacial score (nSPS) is 10.3. The molecule has 2 aromatic rings. The first-order valence-corrected chi connectivity index (χ1v) is 6.24. The van der Waals surface area contributed by atoms with Gasteiger partial charge < -0.3 is 4.74 Å². The zero-order chi connectivity index (χ0) is 14.5. The molecule has 4 heteroatoms. The maximum absolute atomic E-state index is 13.4. The van der Waals surface area contributed by atoms with Crippen LogP contribution in [0.4, 0.5) is 8.78 Å². The van der Waals surface area contributed by atoms with Crippen LogP contribution in [0.15, 0.2) is 42.5 Å². The van der Waals surface area contributed by atoms with Gasteiger partial charge in [0.2, 0.25) is 0 Å². The number of halogens is 2. The Kier molecular flexibility index (Phi) is 4.45. The minimum Gasteiger partial charge on any atom is -0.493 e. The minimum absolute atomic E-state index is 0.00564. The highest BCUT2D eigenvalue weighted by Crippen LogP contribution is 2.15. The van der Waals surface area contributed by atoms with E-state index in [4.69, 9.17) is 4.74 Å². The van der Waals surface area contributed by atoms with E-state index in [0.29, 0.717) is 5.75 Å². The van der Waals surface area contributed by atoms with Crippen LogP contribution in [0.5, 0.6) is 5.75 Å². The largest absolute Gasteiger partial charge is 0.493 e. The van der Waals surface area contributed by atoms with E-state index in [1.165, 1.54) is 12.1 Å². The van der Waals surface area contributed by atoms with Gasteiger partial charge in [-0.05, 0) is 36.8 Å². The van der Waals surface area contributed by atoms with Crippen molar-refractivity contribution < 1.29 is 18.3 Å². The summed E-state index contributed by atoms with van der Waals surface area (Å²) in [4.78, 5) is 11.8. The number of carbonyl (C=O) groups is 1. The fraction of sp³-hybridized carbons (Fsp3) is 0.188. The molecule has 2 rings (SSSR count). The van der Waals surface area contributed by atoms with Crippen LogP contribution < -0.4 is 4.74 Å². The number of aryl methyl sites for hydroxylation is 1. The highest BCUT2D eigenvalue weighted by atomic mass is 19.2. The maximum atomic E-state index is 13.4. The van der Waals surface area contributed by atoms with E-state index in [0.717, 1.165) is 11.6 Å². The summed E-state index contributed by atoms with van der Waals surface area (Å²) in [5.74, 6) is -1.95. The van der Waals surface area contributed by atoms with Crippen molar-refractivity contribution in [2.75, 3.05) is 6.61 Å². The van der Waals surface area contributed by atoms with Gasteiger partial charge in [0, 0.05) is 6.42 Å². The lowest BCUT2D eigenvalue weighted by Crippen LogP contribution is -2.09. The third kappa shape index (κ3) is 3.41. The van der Waals surface area contributed by atoms with E-state index in [1.807, 2.05) is 25.1 Å². The van der Waals surface area contributed by atoms with E-state index < -0.39 is 17.4 Å². The fourth-order valence-corrected chi connectivity index (χ4v) is 1.82. The summed E-state index contributed by atoms with van der Waals surface area (Å²) in [5.41, 5.74) is 0.808. The highest BCUT2D eigenvalue weighted by molar-refractivity contribution is 5.96. The second-order valence-electron chi connectivity index (χ2n) is 4.44. The Morgan fingerprint density at radius 2 is 1.90 bits per heavy atom. The first kappa shape index (κ1) is 14.2. The van der Waals surface area contributed by atoms with Gasteiger partial charge in [0.1, 0.15) is 5.75 Å². The Hall–Kier alpha value is -2.23. The Balaban J connectivity index is 1.94. The summed E-state index contributed by atoms with van der Waals surface area (Å²) in [6, 6.07) is 11.0. The molecule has 0 aromatic heterocycles. The van der Waals surface area contributed by atoms with Gasteiger partial charge in [0.25, 0.3) is 0 Å². The van der Waals surface area contributed by atoms with Crippen LogP contribution >= 0.6 is 0 Å². The topological polar surface area (TPSA) is 26.3 Å². The second kappa shape index (κ2) is 6.28. The minimum atomic E-state index is -1.10. The molecule has 0 radical (unpaired) electrons. The summed E-state index contributed by atoms with van der Waals surface area (Å²) in [6.07, 6.45) is -0.00564. The van der Waals surface area contributed by atoms with Crippen LogP contribution in [0.2, 0.25) is 0 Å². The average molecular weight is 276 g/mol. The lowest BCUT2D eigenvalue weighted by atomic mass is 10.1. The predicted octanol–water partition coefficient (Wildman–Crippen LogP) is 3.93. The van der Waals surface area contributed by atoms with Crippen molar-refractivity contribution in [2.24, 2.45) is 0 Å². The first-order chi connectivity index (χ1) is 9.58. The van der Waals surface area contributed by atoms with Crippen molar-refractivity contribution in [1.82, 2.24) is 0 Å². The molecule has 0 atom stereocenters. The van der Waals surface area contributed by atoms with Gasteiger partial charge >= 0.3 is 0 Å². The van der Waals surface area contributed by atoms with Gasteiger partial charge in [-0.3, -0.25) is 4.79 Å². The average Bonchev–Trinajstić information content (AvgIpc) is 2.42. The lowest BCUT2D eigenvalue weighted by molar-refractivity contribution is 0.0957. The summed E-state index contributed by atoms with van der Waals surface area (Å²) >= 11 is 0. The van der Waals surface area contributed by atoms with Crippen LogP contribution in [-0.2, 0) is 0 Å². The standard InChI is InChI=1S/C16H14F2O2/c1-11-4-2-5-12(10-11)20-9-8-15(19)13-6-3-7-14(17)16(13)18/h2-7,10H,8-9H2,1H3. The van der Waals surface area contributed by atoms with Gasteiger partial charge in [0.05, 0.1) is 12.2 Å². The van der Waals surface area contributed by atoms with Crippen molar-refractivity contribution in [1.29, 1.82) is 0 Å². The Morgan fingerprint density at radius 3 is 2.65 bits per heavy atom. The monoisotopic (exact) mass is 276 g/mol. The zero-order valence-electron chi connectivity index (χ0n) is 11.0. The number of ether oxygens (including phenoxy) is 1. The molecule has 0 bridgehead atoms. The number of benzene rings is 2. The van der Waals surface area contributed by atoms with Gasteiger partial charge in [-0.15, -0.1) is 0 Å². The zero-order valence-corrected chi connectivity index (χ0v) is 11.0. The predicted molar refractivity (Wildman–Crippen MR) is 72.0 cm³/mol. The van der Waals surface area contributed by atoms with Crippen LogP contribution in [0.3, 0.4) is 0 Å². The molecule has 0 N–H and O–H groups in total. The molecule has 0 aliphatic rings. The van der Waals surface area contributed by atoms with E-state index in [9.17, 15) is 13.6 Å². The molecular formula is C16H14F2O2.